The molecule has 1 aliphatic rings. The van der Waals surface area contributed by atoms with E-state index in [2.05, 4.69) is 0 Å². The molecule has 8 nitrogen and oxygen atoms in total. The summed E-state index contributed by atoms with van der Waals surface area (Å²) < 4.78 is 40.8. The van der Waals surface area contributed by atoms with Crippen molar-refractivity contribution in [2.24, 2.45) is 0 Å². The van der Waals surface area contributed by atoms with Crippen molar-refractivity contribution in [2.75, 3.05) is 24.5 Å². The van der Waals surface area contributed by atoms with E-state index in [9.17, 15) is 27.7 Å². The van der Waals surface area contributed by atoms with Crippen LogP contribution >= 0.6 is 0 Å². The Morgan fingerprint density at radius 2 is 1.90 bits per heavy atom. The molecule has 3 rings (SSSR count). The number of carbonyl (C=O) groups excluding carboxylic acids is 1. The van der Waals surface area contributed by atoms with Crippen LogP contribution in [0.2, 0.25) is 0 Å². The number of rotatable bonds is 6. The number of anilines is 1. The van der Waals surface area contributed by atoms with E-state index in [1.807, 2.05) is 0 Å². The lowest BCUT2D eigenvalue weighted by atomic mass is 10.1. The zero-order valence-corrected chi connectivity index (χ0v) is 16.8. The van der Waals surface area contributed by atoms with Crippen LogP contribution in [-0.2, 0) is 16.4 Å². The molecule has 0 fully saturated rings. The number of hydrogen-bond acceptors (Lipinski definition) is 5. The summed E-state index contributed by atoms with van der Waals surface area (Å²) >= 11 is 0. The fourth-order valence-corrected chi connectivity index (χ4v) is 4.95. The van der Waals surface area contributed by atoms with Gasteiger partial charge in [-0.2, -0.15) is 4.31 Å². The Labute approximate surface area is 167 Å². The summed E-state index contributed by atoms with van der Waals surface area (Å²) in [6.45, 7) is 3.94. The van der Waals surface area contributed by atoms with Gasteiger partial charge in [-0.1, -0.05) is 13.8 Å². The zero-order chi connectivity index (χ0) is 21.3. The number of carbonyl (C=O) groups is 1. The Morgan fingerprint density at radius 1 is 1.21 bits per heavy atom. The van der Waals surface area contributed by atoms with E-state index in [1.165, 1.54) is 29.2 Å². The molecule has 0 aromatic heterocycles. The van der Waals surface area contributed by atoms with Crippen LogP contribution in [-0.4, -0.2) is 43.2 Å². The van der Waals surface area contributed by atoms with Gasteiger partial charge >= 0.3 is 0 Å². The van der Waals surface area contributed by atoms with Gasteiger partial charge in [0.1, 0.15) is 10.7 Å². The van der Waals surface area contributed by atoms with Crippen LogP contribution in [0.4, 0.5) is 15.8 Å². The van der Waals surface area contributed by atoms with Gasteiger partial charge in [0.2, 0.25) is 10.0 Å². The van der Waals surface area contributed by atoms with Gasteiger partial charge in [0.25, 0.3) is 11.6 Å². The number of nitro groups is 1. The molecule has 0 spiro atoms. The second-order valence-corrected chi connectivity index (χ2v) is 8.42. The fraction of sp³-hybridized carbons (Fsp3) is 0.316. The quantitative estimate of drug-likeness (QED) is 0.527. The molecule has 29 heavy (non-hydrogen) atoms. The number of non-ortho nitro benzene ring substituents is 1. The van der Waals surface area contributed by atoms with Crippen LogP contribution in [0.5, 0.6) is 0 Å². The van der Waals surface area contributed by atoms with Crippen LogP contribution in [0, 0.1) is 15.9 Å². The summed E-state index contributed by atoms with van der Waals surface area (Å²) in [7, 11) is -4.07. The summed E-state index contributed by atoms with van der Waals surface area (Å²) in [5, 5.41) is 10.9. The maximum absolute atomic E-state index is 14.3. The monoisotopic (exact) mass is 421 g/mol. The lowest BCUT2D eigenvalue weighted by Gasteiger charge is -2.20. The standard InChI is InChI=1S/C19H20FN3O5S/c1-3-21(4-2)29(27,28)18-12-14(5-7-16(18)20)19(24)22-10-9-13-11-15(23(25)26)6-8-17(13)22/h5-8,11-12H,3-4,9-10H2,1-2H3. The van der Waals surface area contributed by atoms with Crippen molar-refractivity contribution in [1.29, 1.82) is 0 Å². The predicted molar refractivity (Wildman–Crippen MR) is 105 cm³/mol. The Morgan fingerprint density at radius 3 is 2.52 bits per heavy atom. The summed E-state index contributed by atoms with van der Waals surface area (Å²) in [5.41, 5.74) is 1.15. The van der Waals surface area contributed by atoms with E-state index in [0.717, 1.165) is 16.4 Å². The molecule has 0 saturated carbocycles. The van der Waals surface area contributed by atoms with Crippen molar-refractivity contribution in [2.45, 2.75) is 25.2 Å². The molecule has 2 aromatic carbocycles. The molecule has 0 radical (unpaired) electrons. The Kier molecular flexibility index (Phi) is 5.67. The molecule has 2 aromatic rings. The molecular weight excluding hydrogens is 401 g/mol. The topological polar surface area (TPSA) is 101 Å². The first-order valence-corrected chi connectivity index (χ1v) is 10.5. The highest BCUT2D eigenvalue weighted by Crippen LogP contribution is 2.32. The molecule has 0 unspecified atom stereocenters. The predicted octanol–water partition coefficient (Wildman–Crippen LogP) is 2.97. The normalized spacial score (nSPS) is 13.6. The third-order valence-electron chi connectivity index (χ3n) is 4.92. The number of nitrogens with zero attached hydrogens (tertiary/aromatic N) is 3. The average Bonchev–Trinajstić information content (AvgIpc) is 3.11. The maximum atomic E-state index is 14.3. The summed E-state index contributed by atoms with van der Waals surface area (Å²) in [5.74, 6) is -1.42. The highest BCUT2D eigenvalue weighted by atomic mass is 32.2. The zero-order valence-electron chi connectivity index (χ0n) is 16.0. The fourth-order valence-electron chi connectivity index (χ4n) is 3.41. The van der Waals surface area contributed by atoms with E-state index in [0.29, 0.717) is 24.2 Å². The molecule has 0 N–H and O–H groups in total. The molecule has 1 heterocycles. The third kappa shape index (κ3) is 3.73. The smallest absolute Gasteiger partial charge is 0.269 e. The summed E-state index contributed by atoms with van der Waals surface area (Å²) in [4.78, 5) is 24.3. The highest BCUT2D eigenvalue weighted by Gasteiger charge is 2.30. The molecule has 10 heteroatoms. The van der Waals surface area contributed by atoms with Gasteiger partial charge in [0.05, 0.1) is 4.92 Å². The number of amides is 1. The van der Waals surface area contributed by atoms with E-state index >= 15 is 0 Å². The molecule has 1 aliphatic heterocycles. The second-order valence-electron chi connectivity index (χ2n) is 6.51. The van der Waals surface area contributed by atoms with Crippen LogP contribution in [0.1, 0.15) is 29.8 Å². The molecule has 0 atom stereocenters. The van der Waals surface area contributed by atoms with E-state index in [4.69, 9.17) is 0 Å². The summed E-state index contributed by atoms with van der Waals surface area (Å²) in [6, 6.07) is 7.48. The van der Waals surface area contributed by atoms with Crippen LogP contribution < -0.4 is 4.90 Å². The minimum absolute atomic E-state index is 0.0309. The lowest BCUT2D eigenvalue weighted by Crippen LogP contribution is -2.32. The van der Waals surface area contributed by atoms with Gasteiger partial charge in [-0.25, -0.2) is 12.8 Å². The largest absolute Gasteiger partial charge is 0.308 e. The van der Waals surface area contributed by atoms with Gasteiger partial charge in [-0.05, 0) is 36.2 Å². The van der Waals surface area contributed by atoms with Crippen molar-refractivity contribution >= 4 is 27.3 Å². The van der Waals surface area contributed by atoms with Crippen molar-refractivity contribution < 1.29 is 22.5 Å². The first-order valence-electron chi connectivity index (χ1n) is 9.09. The minimum atomic E-state index is -4.07. The molecule has 154 valence electrons. The number of sulfonamides is 1. The lowest BCUT2D eigenvalue weighted by molar-refractivity contribution is -0.384. The Hall–Kier alpha value is -2.85. The average molecular weight is 421 g/mol. The highest BCUT2D eigenvalue weighted by molar-refractivity contribution is 7.89. The van der Waals surface area contributed by atoms with Crippen molar-refractivity contribution in [3.05, 3.63) is 63.5 Å². The maximum Gasteiger partial charge on any atom is 0.269 e. The first kappa shape index (κ1) is 20.9. The Bertz CT molecular complexity index is 1080. The Balaban J connectivity index is 1.98. The number of nitro benzene ring substituents is 1. The van der Waals surface area contributed by atoms with Gasteiger partial charge in [-0.15, -0.1) is 0 Å². The van der Waals surface area contributed by atoms with E-state index in [1.54, 1.807) is 13.8 Å². The SMILES string of the molecule is CCN(CC)S(=O)(=O)c1cc(C(=O)N2CCc3cc([N+](=O)[O-])ccc32)ccc1F. The molecular formula is C19H20FN3O5S. The van der Waals surface area contributed by atoms with Gasteiger partial charge in [0, 0.05) is 43.0 Å². The molecule has 0 saturated heterocycles. The number of benzene rings is 2. The van der Waals surface area contributed by atoms with Gasteiger partial charge in [0.15, 0.2) is 0 Å². The molecule has 1 amide bonds. The summed E-state index contributed by atoms with van der Waals surface area (Å²) in [6.07, 6.45) is 0.439. The third-order valence-corrected chi connectivity index (χ3v) is 6.98. The van der Waals surface area contributed by atoms with Crippen molar-refractivity contribution in [3.8, 4) is 0 Å². The number of halogens is 1. The first-order chi connectivity index (χ1) is 13.7. The van der Waals surface area contributed by atoms with Crippen molar-refractivity contribution in [3.63, 3.8) is 0 Å². The minimum Gasteiger partial charge on any atom is -0.308 e. The van der Waals surface area contributed by atoms with Crippen LogP contribution in [0.15, 0.2) is 41.3 Å². The van der Waals surface area contributed by atoms with E-state index in [-0.39, 0.29) is 24.3 Å². The molecule has 0 bridgehead atoms. The van der Waals surface area contributed by atoms with Crippen LogP contribution in [0.3, 0.4) is 0 Å². The van der Waals surface area contributed by atoms with Crippen LogP contribution in [0.25, 0.3) is 0 Å². The van der Waals surface area contributed by atoms with Gasteiger partial charge in [-0.3, -0.25) is 14.9 Å². The van der Waals surface area contributed by atoms with Crippen molar-refractivity contribution in [1.82, 2.24) is 4.31 Å². The second kappa shape index (κ2) is 7.88. The number of fused-ring (bicyclic) bond motifs is 1. The molecule has 0 aliphatic carbocycles. The number of hydrogen-bond donors (Lipinski definition) is 0. The van der Waals surface area contributed by atoms with E-state index < -0.39 is 31.6 Å². The van der Waals surface area contributed by atoms with Gasteiger partial charge < -0.3 is 4.90 Å².